The molecule has 0 aliphatic heterocycles. The third-order valence-electron chi connectivity index (χ3n) is 2.55. The minimum atomic E-state index is -3.15. The smallest absolute Gasteiger partial charge is 0.311 e. The number of ether oxygens (including phenoxy) is 1. The van der Waals surface area contributed by atoms with Crippen molar-refractivity contribution in [3.05, 3.63) is 33.9 Å². The van der Waals surface area contributed by atoms with Crippen LogP contribution in [0.1, 0.15) is 12.5 Å². The van der Waals surface area contributed by atoms with E-state index < -0.39 is 14.8 Å². The Hall–Kier alpha value is -1.67. The number of nitro groups is 1. The van der Waals surface area contributed by atoms with Crippen LogP contribution in [0.2, 0.25) is 0 Å². The van der Waals surface area contributed by atoms with Crippen molar-refractivity contribution < 1.29 is 18.1 Å². The van der Waals surface area contributed by atoms with Crippen molar-refractivity contribution in [1.82, 2.24) is 0 Å². The van der Waals surface area contributed by atoms with Gasteiger partial charge >= 0.3 is 5.69 Å². The highest BCUT2D eigenvalue weighted by molar-refractivity contribution is 7.91. The Morgan fingerprint density at radius 1 is 1.42 bits per heavy atom. The second kappa shape index (κ2) is 6.48. The SMILES string of the molecule is CCS(=O)(=O)CCOc1ccc(CN)cc1[N+](=O)[O-]. The van der Waals surface area contributed by atoms with E-state index >= 15 is 0 Å². The monoisotopic (exact) mass is 288 g/mol. The minimum Gasteiger partial charge on any atom is -0.486 e. The van der Waals surface area contributed by atoms with Crippen LogP contribution in [0.5, 0.6) is 5.75 Å². The van der Waals surface area contributed by atoms with E-state index in [1.54, 1.807) is 6.07 Å². The number of nitrogens with two attached hydrogens (primary N) is 1. The molecule has 19 heavy (non-hydrogen) atoms. The molecule has 0 aliphatic carbocycles. The van der Waals surface area contributed by atoms with Gasteiger partial charge in [-0.05, 0) is 11.6 Å². The molecule has 0 radical (unpaired) electrons. The van der Waals surface area contributed by atoms with E-state index in [9.17, 15) is 18.5 Å². The van der Waals surface area contributed by atoms with Crippen molar-refractivity contribution in [2.24, 2.45) is 5.73 Å². The molecule has 2 N–H and O–H groups in total. The lowest BCUT2D eigenvalue weighted by molar-refractivity contribution is -0.385. The molecule has 0 fully saturated rings. The van der Waals surface area contributed by atoms with Gasteiger partial charge in [0, 0.05) is 18.4 Å². The zero-order valence-corrected chi connectivity index (χ0v) is 11.4. The maximum Gasteiger partial charge on any atom is 0.311 e. The summed E-state index contributed by atoms with van der Waals surface area (Å²) in [5, 5.41) is 10.9. The minimum absolute atomic E-state index is 0.0184. The summed E-state index contributed by atoms with van der Waals surface area (Å²) in [6.45, 7) is 1.61. The molecular weight excluding hydrogens is 272 g/mol. The number of nitrogens with zero attached hydrogens (tertiary/aromatic N) is 1. The van der Waals surface area contributed by atoms with Gasteiger partial charge in [0.2, 0.25) is 0 Å². The molecule has 0 aliphatic rings. The fourth-order valence-electron chi connectivity index (χ4n) is 1.38. The highest BCUT2D eigenvalue weighted by atomic mass is 32.2. The molecule has 0 bridgehead atoms. The lowest BCUT2D eigenvalue weighted by atomic mass is 10.2. The van der Waals surface area contributed by atoms with Crippen molar-refractivity contribution in [3.63, 3.8) is 0 Å². The predicted molar refractivity (Wildman–Crippen MR) is 70.8 cm³/mol. The van der Waals surface area contributed by atoms with Gasteiger partial charge < -0.3 is 10.5 Å². The molecule has 8 heteroatoms. The molecular formula is C11H16N2O5S. The Morgan fingerprint density at radius 2 is 2.11 bits per heavy atom. The molecule has 0 atom stereocenters. The van der Waals surface area contributed by atoms with Crippen LogP contribution >= 0.6 is 0 Å². The molecule has 0 aromatic heterocycles. The molecule has 1 rings (SSSR count). The Labute approximate surface area is 111 Å². The lowest BCUT2D eigenvalue weighted by Gasteiger charge is -2.07. The van der Waals surface area contributed by atoms with Crippen LogP contribution in [0.15, 0.2) is 18.2 Å². The standard InChI is InChI=1S/C11H16N2O5S/c1-2-19(16,17)6-5-18-11-4-3-9(8-12)7-10(11)13(14)15/h3-4,7H,2,5-6,8,12H2,1H3. The maximum absolute atomic E-state index is 11.3. The van der Waals surface area contributed by atoms with Gasteiger partial charge in [-0.15, -0.1) is 0 Å². The average Bonchev–Trinajstić information content (AvgIpc) is 2.38. The Morgan fingerprint density at radius 3 is 2.63 bits per heavy atom. The van der Waals surface area contributed by atoms with E-state index in [4.69, 9.17) is 10.5 Å². The van der Waals surface area contributed by atoms with Crippen LogP contribution in [0.3, 0.4) is 0 Å². The summed E-state index contributed by atoms with van der Waals surface area (Å²) in [5.74, 6) is -0.0994. The first-order valence-corrected chi connectivity index (χ1v) is 7.52. The van der Waals surface area contributed by atoms with Crippen molar-refractivity contribution in [2.45, 2.75) is 13.5 Å². The maximum atomic E-state index is 11.3. The highest BCUT2D eigenvalue weighted by Gasteiger charge is 2.16. The van der Waals surface area contributed by atoms with E-state index in [0.29, 0.717) is 5.56 Å². The molecule has 0 saturated heterocycles. The van der Waals surface area contributed by atoms with Crippen LogP contribution in [-0.4, -0.2) is 31.5 Å². The molecule has 7 nitrogen and oxygen atoms in total. The highest BCUT2D eigenvalue weighted by Crippen LogP contribution is 2.27. The third kappa shape index (κ3) is 4.49. The summed E-state index contributed by atoms with van der Waals surface area (Å²) >= 11 is 0. The number of rotatable bonds is 7. The summed E-state index contributed by atoms with van der Waals surface area (Å²) in [7, 11) is -3.15. The largest absolute Gasteiger partial charge is 0.486 e. The fourth-order valence-corrected chi connectivity index (χ4v) is 2.00. The quantitative estimate of drug-likeness (QED) is 0.588. The number of hydrogen-bond donors (Lipinski definition) is 1. The summed E-state index contributed by atoms with van der Waals surface area (Å²) in [5.41, 5.74) is 5.80. The third-order valence-corrected chi connectivity index (χ3v) is 4.22. The normalized spacial score (nSPS) is 11.3. The number of benzene rings is 1. The first-order chi connectivity index (χ1) is 8.89. The lowest BCUT2D eigenvalue weighted by Crippen LogP contribution is -2.16. The Kier molecular flexibility index (Phi) is 5.25. The molecule has 1 aromatic rings. The summed E-state index contributed by atoms with van der Waals surface area (Å²) in [4.78, 5) is 10.3. The van der Waals surface area contributed by atoms with E-state index in [1.165, 1.54) is 19.1 Å². The molecule has 0 amide bonds. The summed E-state index contributed by atoms with van der Waals surface area (Å²) in [6.07, 6.45) is 0. The summed E-state index contributed by atoms with van der Waals surface area (Å²) in [6, 6.07) is 4.36. The number of nitro benzene ring substituents is 1. The van der Waals surface area contributed by atoms with E-state index in [1.807, 2.05) is 0 Å². The molecule has 0 spiro atoms. The molecule has 0 heterocycles. The second-order valence-corrected chi connectivity index (χ2v) is 6.32. The number of sulfone groups is 1. The van der Waals surface area contributed by atoms with Gasteiger partial charge in [0.1, 0.15) is 6.61 Å². The Bertz CT molecular complexity index is 556. The van der Waals surface area contributed by atoms with Crippen molar-refractivity contribution in [1.29, 1.82) is 0 Å². The van der Waals surface area contributed by atoms with Crippen LogP contribution in [0.25, 0.3) is 0 Å². The van der Waals surface area contributed by atoms with Gasteiger partial charge in [-0.2, -0.15) is 0 Å². The molecule has 0 saturated carbocycles. The zero-order chi connectivity index (χ0) is 14.5. The Balaban J connectivity index is 2.81. The van der Waals surface area contributed by atoms with E-state index in [0.717, 1.165) is 0 Å². The fraction of sp³-hybridized carbons (Fsp3) is 0.455. The molecule has 0 unspecified atom stereocenters. The van der Waals surface area contributed by atoms with Crippen LogP contribution < -0.4 is 10.5 Å². The van der Waals surface area contributed by atoms with Gasteiger partial charge in [-0.1, -0.05) is 13.0 Å². The second-order valence-electron chi connectivity index (χ2n) is 3.85. The predicted octanol–water partition coefficient (Wildman–Crippen LogP) is 0.867. The van der Waals surface area contributed by atoms with Crippen molar-refractivity contribution in [2.75, 3.05) is 18.1 Å². The average molecular weight is 288 g/mol. The van der Waals surface area contributed by atoms with Crippen LogP contribution in [0, 0.1) is 10.1 Å². The van der Waals surface area contributed by atoms with Gasteiger partial charge in [0.05, 0.1) is 10.7 Å². The molecule has 106 valence electrons. The zero-order valence-electron chi connectivity index (χ0n) is 10.5. The van der Waals surface area contributed by atoms with Crippen LogP contribution in [-0.2, 0) is 16.4 Å². The summed E-state index contributed by atoms with van der Waals surface area (Å²) < 4.78 is 27.7. The first kappa shape index (κ1) is 15.4. The van der Waals surface area contributed by atoms with E-state index in [2.05, 4.69) is 0 Å². The molecule has 1 aromatic carbocycles. The van der Waals surface area contributed by atoms with Gasteiger partial charge in [-0.3, -0.25) is 10.1 Å². The van der Waals surface area contributed by atoms with Crippen molar-refractivity contribution >= 4 is 15.5 Å². The van der Waals surface area contributed by atoms with Crippen molar-refractivity contribution in [3.8, 4) is 5.75 Å². The topological polar surface area (TPSA) is 113 Å². The van der Waals surface area contributed by atoms with Gasteiger partial charge in [-0.25, -0.2) is 8.42 Å². The van der Waals surface area contributed by atoms with Crippen LogP contribution in [0.4, 0.5) is 5.69 Å². The van der Waals surface area contributed by atoms with Gasteiger partial charge in [0.15, 0.2) is 15.6 Å². The number of hydrogen-bond acceptors (Lipinski definition) is 6. The first-order valence-electron chi connectivity index (χ1n) is 5.70. The van der Waals surface area contributed by atoms with Gasteiger partial charge in [0.25, 0.3) is 0 Å². The van der Waals surface area contributed by atoms with E-state index in [-0.39, 0.29) is 36.1 Å².